The van der Waals surface area contributed by atoms with E-state index >= 15 is 0 Å². The first kappa shape index (κ1) is 31.2. The fourth-order valence-corrected chi connectivity index (χ4v) is 3.59. The maximum absolute atomic E-state index is 11.9. The van der Waals surface area contributed by atoms with Crippen LogP contribution >= 0.6 is 11.8 Å². The van der Waals surface area contributed by atoms with Crippen molar-refractivity contribution in [2.45, 2.75) is 109 Å². The van der Waals surface area contributed by atoms with Gasteiger partial charge in [0.1, 0.15) is 6.04 Å². The molecule has 0 aromatic rings. The van der Waals surface area contributed by atoms with Gasteiger partial charge in [-0.3, -0.25) is 4.79 Å². The van der Waals surface area contributed by atoms with Gasteiger partial charge in [0.05, 0.1) is 0 Å². The summed E-state index contributed by atoms with van der Waals surface area (Å²) < 4.78 is 0. The van der Waals surface area contributed by atoms with Crippen molar-refractivity contribution in [3.05, 3.63) is 12.2 Å². The summed E-state index contributed by atoms with van der Waals surface area (Å²) in [5.74, 6) is -0.330. The third-order valence-corrected chi connectivity index (χ3v) is 5.55. The van der Waals surface area contributed by atoms with Crippen molar-refractivity contribution in [3.8, 4) is 0 Å². The van der Waals surface area contributed by atoms with Crippen LogP contribution in [0.1, 0.15) is 103 Å². The van der Waals surface area contributed by atoms with Crippen LogP contribution in [-0.2, 0) is 9.59 Å². The molecule has 6 heteroatoms. The Morgan fingerprint density at radius 2 is 1.41 bits per heavy atom. The van der Waals surface area contributed by atoms with E-state index in [9.17, 15) is 9.59 Å². The maximum atomic E-state index is 11.9. The fraction of sp³-hybridized carbons (Fsp3) is 0.826. The molecule has 0 bridgehead atoms. The van der Waals surface area contributed by atoms with E-state index in [4.69, 9.17) is 5.11 Å². The van der Waals surface area contributed by atoms with Crippen LogP contribution in [0, 0.1) is 0 Å². The third kappa shape index (κ3) is 22.5. The van der Waals surface area contributed by atoms with E-state index in [0.717, 1.165) is 31.4 Å². The molecule has 0 aliphatic heterocycles. The molecule has 4 nitrogen and oxygen atoms in total. The number of carboxylic acid groups (broad SMARTS) is 1. The molecule has 29 heavy (non-hydrogen) atoms. The second kappa shape index (κ2) is 24.3. The van der Waals surface area contributed by atoms with E-state index in [1.54, 1.807) is 11.8 Å². The van der Waals surface area contributed by atoms with Crippen LogP contribution in [-0.4, -0.2) is 64.6 Å². The average Bonchev–Trinajstić information content (AvgIpc) is 2.67. The van der Waals surface area contributed by atoms with Crippen molar-refractivity contribution in [1.29, 1.82) is 0 Å². The zero-order valence-electron chi connectivity index (χ0n) is 18.2. The first-order valence-corrected chi connectivity index (χ1v) is 12.7. The van der Waals surface area contributed by atoms with Crippen LogP contribution < -0.4 is 5.32 Å². The van der Waals surface area contributed by atoms with Crippen molar-refractivity contribution < 1.29 is 14.7 Å². The van der Waals surface area contributed by atoms with Crippen LogP contribution in [0.25, 0.3) is 0 Å². The number of carbonyl (C=O) groups is 2. The predicted octanol–water partition coefficient (Wildman–Crippen LogP) is 5.70. The standard InChI is InChI=1S/C23H43NO3S.Na.H/c1-3-4-5-6-7-8-9-10-11-12-13-14-15-16-17-18-22(25)24-21(23(26)27)19-20-28-2;;/h10-11,21H,3-9,12-20H2,1-2H3,(H,24,25)(H,26,27);;/b11-10-;;/t21-;;/m0../s1. The van der Waals surface area contributed by atoms with Crippen molar-refractivity contribution in [3.63, 3.8) is 0 Å². The fourth-order valence-electron chi connectivity index (χ4n) is 3.12. The van der Waals surface area contributed by atoms with Crippen LogP contribution in [0.2, 0.25) is 0 Å². The van der Waals surface area contributed by atoms with Crippen molar-refractivity contribution in [2.75, 3.05) is 12.0 Å². The number of nitrogens with one attached hydrogen (secondary N) is 1. The van der Waals surface area contributed by atoms with E-state index in [0.29, 0.717) is 12.8 Å². The molecule has 0 heterocycles. The van der Waals surface area contributed by atoms with Crippen molar-refractivity contribution >= 4 is 53.2 Å². The molecule has 0 aromatic heterocycles. The van der Waals surface area contributed by atoms with E-state index in [-0.39, 0.29) is 35.5 Å². The first-order valence-electron chi connectivity index (χ1n) is 11.3. The average molecular weight is 438 g/mol. The van der Waals surface area contributed by atoms with Crippen LogP contribution in [0.5, 0.6) is 0 Å². The number of hydrogen-bond acceptors (Lipinski definition) is 3. The molecule has 0 aliphatic rings. The molecule has 0 aromatic carbocycles. The predicted molar refractivity (Wildman–Crippen MR) is 129 cm³/mol. The second-order valence-corrected chi connectivity index (χ2v) is 8.56. The summed E-state index contributed by atoms with van der Waals surface area (Å²) in [7, 11) is 0. The molecule has 0 fully saturated rings. The van der Waals surface area contributed by atoms with Gasteiger partial charge in [-0.1, -0.05) is 70.4 Å². The number of carbonyl (C=O) groups excluding carboxylic acids is 1. The van der Waals surface area contributed by atoms with Crippen molar-refractivity contribution in [2.24, 2.45) is 0 Å². The molecule has 166 valence electrons. The van der Waals surface area contributed by atoms with Gasteiger partial charge in [-0.05, 0) is 50.5 Å². The van der Waals surface area contributed by atoms with E-state index in [1.165, 1.54) is 57.8 Å². The number of amides is 1. The van der Waals surface area contributed by atoms with E-state index in [1.807, 2.05) is 6.26 Å². The number of carboxylic acids is 1. The molecule has 1 atom stereocenters. The molecule has 0 spiro atoms. The Hall–Kier alpha value is 0.0300. The number of thioether (sulfide) groups is 1. The molecule has 1 amide bonds. The summed E-state index contributed by atoms with van der Waals surface area (Å²) >= 11 is 1.59. The second-order valence-electron chi connectivity index (χ2n) is 7.57. The minimum absolute atomic E-state index is 0. The summed E-state index contributed by atoms with van der Waals surface area (Å²) in [6.07, 6.45) is 23.5. The summed E-state index contributed by atoms with van der Waals surface area (Å²) in [6, 6.07) is -0.747. The van der Waals surface area contributed by atoms with Gasteiger partial charge in [0.25, 0.3) is 0 Å². The van der Waals surface area contributed by atoms with Crippen LogP contribution in [0.15, 0.2) is 12.2 Å². The van der Waals surface area contributed by atoms with Gasteiger partial charge >= 0.3 is 35.5 Å². The normalized spacial score (nSPS) is 11.9. The SMILES string of the molecule is CCCCCCCC/C=C\CCCCCCCC(=O)N[C@@H](CCSC)C(=O)O.[NaH]. The molecular weight excluding hydrogens is 393 g/mol. The van der Waals surface area contributed by atoms with Gasteiger partial charge < -0.3 is 10.4 Å². The zero-order valence-corrected chi connectivity index (χ0v) is 19.0. The van der Waals surface area contributed by atoms with Gasteiger partial charge in [0, 0.05) is 6.42 Å². The van der Waals surface area contributed by atoms with E-state index < -0.39 is 12.0 Å². The van der Waals surface area contributed by atoms with Gasteiger partial charge in [-0.15, -0.1) is 0 Å². The molecule has 2 N–H and O–H groups in total. The Labute approximate surface area is 205 Å². The number of rotatable bonds is 20. The first-order chi connectivity index (χ1) is 13.6. The van der Waals surface area contributed by atoms with Crippen LogP contribution in [0.3, 0.4) is 0 Å². The Morgan fingerprint density at radius 3 is 1.93 bits per heavy atom. The van der Waals surface area contributed by atoms with Crippen molar-refractivity contribution in [1.82, 2.24) is 5.32 Å². The van der Waals surface area contributed by atoms with Gasteiger partial charge in [0.15, 0.2) is 0 Å². The Morgan fingerprint density at radius 1 is 0.897 bits per heavy atom. The summed E-state index contributed by atoms with van der Waals surface area (Å²) in [4.78, 5) is 23.0. The van der Waals surface area contributed by atoms with Gasteiger partial charge in [-0.2, -0.15) is 11.8 Å². The molecule has 0 saturated heterocycles. The summed E-state index contributed by atoms with van der Waals surface area (Å²) in [5, 5.41) is 11.8. The number of aliphatic carboxylic acids is 1. The Kier molecular flexibility index (Phi) is 26.2. The summed E-state index contributed by atoms with van der Waals surface area (Å²) in [6.45, 7) is 2.25. The molecule has 0 radical (unpaired) electrons. The molecule has 0 aliphatic carbocycles. The Balaban J connectivity index is 0. The third-order valence-electron chi connectivity index (χ3n) is 4.91. The monoisotopic (exact) mass is 437 g/mol. The van der Waals surface area contributed by atoms with Crippen LogP contribution in [0.4, 0.5) is 0 Å². The van der Waals surface area contributed by atoms with E-state index in [2.05, 4.69) is 24.4 Å². The number of unbranched alkanes of at least 4 members (excludes halogenated alkanes) is 11. The number of hydrogen-bond donors (Lipinski definition) is 2. The van der Waals surface area contributed by atoms with Gasteiger partial charge in [-0.25, -0.2) is 4.79 Å². The number of allylic oxidation sites excluding steroid dienone is 2. The summed E-state index contributed by atoms with van der Waals surface area (Å²) in [5.41, 5.74) is 0. The zero-order chi connectivity index (χ0) is 20.9. The molecular formula is C23H44NNaO3S. The molecule has 0 saturated carbocycles. The molecule has 0 unspecified atom stereocenters. The molecule has 0 rings (SSSR count). The topological polar surface area (TPSA) is 66.4 Å². The quantitative estimate of drug-likeness (QED) is 0.146. The Bertz CT molecular complexity index is 419. The van der Waals surface area contributed by atoms with Gasteiger partial charge in [0.2, 0.25) is 5.91 Å². The minimum atomic E-state index is -0.938.